The van der Waals surface area contributed by atoms with Crippen molar-refractivity contribution in [2.75, 3.05) is 0 Å². The summed E-state index contributed by atoms with van der Waals surface area (Å²) in [6.45, 7) is 6.37. The first-order valence-electron chi connectivity index (χ1n) is 3.17. The minimum absolute atomic E-state index is 0.740. The highest BCUT2D eigenvalue weighted by molar-refractivity contribution is 7.89. The Morgan fingerprint density at radius 3 is 2.46 bits per heavy atom. The molecule has 6 heteroatoms. The van der Waals surface area contributed by atoms with E-state index in [-0.39, 0.29) is 0 Å². The molecule has 0 aliphatic rings. The molecule has 0 aromatic rings. The van der Waals surface area contributed by atoms with Crippen molar-refractivity contribution in [1.82, 2.24) is 5.48 Å². The van der Waals surface area contributed by atoms with Crippen LogP contribution in [0.5, 0.6) is 0 Å². The van der Waals surface area contributed by atoms with Gasteiger partial charge in [0.2, 0.25) is 0 Å². The van der Waals surface area contributed by atoms with E-state index < -0.39 is 16.0 Å². The SMILES string of the molecule is C=CC=CS(=O)(=O)ONC(=O)C=C. The molecule has 5 nitrogen and oxygen atoms in total. The molecule has 0 fully saturated rings. The third-order valence-electron chi connectivity index (χ3n) is 0.825. The molecule has 0 aliphatic carbocycles. The van der Waals surface area contributed by atoms with Gasteiger partial charge >= 0.3 is 10.1 Å². The quantitative estimate of drug-likeness (QED) is 0.395. The molecule has 0 bridgehead atoms. The van der Waals surface area contributed by atoms with E-state index in [0.717, 1.165) is 17.6 Å². The lowest BCUT2D eigenvalue weighted by Crippen LogP contribution is -2.24. The molecular formula is C7H9NO4S. The van der Waals surface area contributed by atoms with Gasteiger partial charge in [-0.15, -0.1) is 4.28 Å². The van der Waals surface area contributed by atoms with Gasteiger partial charge in [-0.1, -0.05) is 19.2 Å². The summed E-state index contributed by atoms with van der Waals surface area (Å²) in [7, 11) is -3.88. The summed E-state index contributed by atoms with van der Waals surface area (Å²) in [6, 6.07) is 0. The fourth-order valence-electron chi connectivity index (χ4n) is 0.320. The molecule has 0 radical (unpaired) electrons. The molecule has 0 unspecified atom stereocenters. The molecule has 0 heterocycles. The van der Waals surface area contributed by atoms with Crippen LogP contribution in [0.15, 0.2) is 36.8 Å². The number of nitrogens with one attached hydrogen (secondary N) is 1. The molecular weight excluding hydrogens is 194 g/mol. The standard InChI is InChI=1S/C7H9NO4S/c1-3-5-6-13(10,11)12-8-7(9)4-2/h3-6H,1-2H2,(H,8,9). The highest BCUT2D eigenvalue weighted by atomic mass is 32.2. The van der Waals surface area contributed by atoms with Crippen molar-refractivity contribution in [3.63, 3.8) is 0 Å². The topological polar surface area (TPSA) is 72.5 Å². The van der Waals surface area contributed by atoms with Crippen molar-refractivity contribution >= 4 is 16.0 Å². The summed E-state index contributed by atoms with van der Waals surface area (Å²) in [6.07, 6.45) is 3.30. The smallest absolute Gasteiger partial charge is 0.268 e. The number of hydrogen-bond acceptors (Lipinski definition) is 4. The molecule has 0 rings (SSSR count). The molecule has 0 saturated carbocycles. The first kappa shape index (κ1) is 11.6. The van der Waals surface area contributed by atoms with E-state index in [9.17, 15) is 13.2 Å². The Balaban J connectivity index is 4.19. The molecule has 13 heavy (non-hydrogen) atoms. The Morgan fingerprint density at radius 2 is 2.00 bits per heavy atom. The number of rotatable bonds is 5. The fourth-order valence-corrected chi connectivity index (χ4v) is 0.878. The Hall–Kier alpha value is -1.40. The zero-order valence-corrected chi connectivity index (χ0v) is 7.58. The van der Waals surface area contributed by atoms with Crippen LogP contribution in [-0.2, 0) is 19.2 Å². The summed E-state index contributed by atoms with van der Waals surface area (Å²) in [5.74, 6) is -0.740. The van der Waals surface area contributed by atoms with Crippen molar-refractivity contribution in [3.8, 4) is 0 Å². The minimum Gasteiger partial charge on any atom is -0.268 e. The second kappa shape index (κ2) is 5.28. The van der Waals surface area contributed by atoms with Crippen molar-refractivity contribution in [2.24, 2.45) is 0 Å². The van der Waals surface area contributed by atoms with Crippen LogP contribution in [0.1, 0.15) is 0 Å². The second-order valence-corrected chi connectivity index (χ2v) is 3.24. The summed E-state index contributed by atoms with van der Waals surface area (Å²) in [5, 5.41) is 0.753. The Morgan fingerprint density at radius 1 is 1.38 bits per heavy atom. The lowest BCUT2D eigenvalue weighted by atomic mass is 10.6. The lowest BCUT2D eigenvalue weighted by Gasteiger charge is -1.98. The van der Waals surface area contributed by atoms with E-state index in [1.807, 2.05) is 0 Å². The van der Waals surface area contributed by atoms with Crippen molar-refractivity contribution < 1.29 is 17.5 Å². The number of allylic oxidation sites excluding steroid dienone is 2. The van der Waals surface area contributed by atoms with E-state index in [1.54, 1.807) is 5.48 Å². The van der Waals surface area contributed by atoms with Crippen LogP contribution in [0.25, 0.3) is 0 Å². The van der Waals surface area contributed by atoms with Gasteiger partial charge in [-0.05, 0) is 12.2 Å². The molecule has 1 amide bonds. The lowest BCUT2D eigenvalue weighted by molar-refractivity contribution is -0.122. The Labute approximate surface area is 76.5 Å². The molecule has 0 aromatic carbocycles. The third kappa shape index (κ3) is 5.83. The van der Waals surface area contributed by atoms with Gasteiger partial charge in [0, 0.05) is 0 Å². The maximum atomic E-state index is 10.8. The average Bonchev–Trinajstić information content (AvgIpc) is 2.11. The van der Waals surface area contributed by atoms with Crippen LogP contribution < -0.4 is 5.48 Å². The number of carbonyl (C=O) groups excluding carboxylic acids is 1. The fraction of sp³-hybridized carbons (Fsp3) is 0. The van der Waals surface area contributed by atoms with Gasteiger partial charge in [-0.2, -0.15) is 8.42 Å². The molecule has 1 N–H and O–H groups in total. The van der Waals surface area contributed by atoms with Crippen LogP contribution in [0.4, 0.5) is 0 Å². The van der Waals surface area contributed by atoms with E-state index >= 15 is 0 Å². The number of hydroxylamine groups is 1. The second-order valence-electron chi connectivity index (χ2n) is 1.81. The normalized spacial score (nSPS) is 11.1. The maximum Gasteiger partial charge on any atom is 0.310 e. The van der Waals surface area contributed by atoms with Gasteiger partial charge in [-0.25, -0.2) is 5.48 Å². The highest BCUT2D eigenvalue weighted by Crippen LogP contribution is 1.92. The van der Waals surface area contributed by atoms with E-state index in [1.165, 1.54) is 6.08 Å². The van der Waals surface area contributed by atoms with E-state index in [4.69, 9.17) is 0 Å². The molecule has 72 valence electrons. The van der Waals surface area contributed by atoms with Gasteiger partial charge < -0.3 is 0 Å². The maximum absolute atomic E-state index is 10.8. The van der Waals surface area contributed by atoms with Crippen LogP contribution in [0.2, 0.25) is 0 Å². The molecule has 0 atom stereocenters. The first-order valence-corrected chi connectivity index (χ1v) is 4.64. The summed E-state index contributed by atoms with van der Waals surface area (Å²) >= 11 is 0. The predicted molar refractivity (Wildman–Crippen MR) is 47.7 cm³/mol. The number of carbonyl (C=O) groups is 1. The van der Waals surface area contributed by atoms with Gasteiger partial charge in [0.05, 0.1) is 5.41 Å². The van der Waals surface area contributed by atoms with Gasteiger partial charge in [0.25, 0.3) is 5.91 Å². The van der Waals surface area contributed by atoms with Gasteiger partial charge in [-0.3, -0.25) is 4.79 Å². The van der Waals surface area contributed by atoms with Gasteiger partial charge in [0.15, 0.2) is 0 Å². The average molecular weight is 203 g/mol. The number of hydrogen-bond donors (Lipinski definition) is 1. The van der Waals surface area contributed by atoms with Crippen LogP contribution in [0.3, 0.4) is 0 Å². The minimum atomic E-state index is -3.88. The molecule has 0 aromatic heterocycles. The zero-order chi connectivity index (χ0) is 10.3. The predicted octanol–water partition coefficient (Wildman–Crippen LogP) is 0.250. The van der Waals surface area contributed by atoms with Gasteiger partial charge in [0.1, 0.15) is 0 Å². The largest absolute Gasteiger partial charge is 0.310 e. The summed E-state index contributed by atoms with van der Waals surface area (Å²) in [4.78, 5) is 10.5. The summed E-state index contributed by atoms with van der Waals surface area (Å²) < 4.78 is 25.7. The van der Waals surface area contributed by atoms with Crippen LogP contribution >= 0.6 is 0 Å². The molecule has 0 aliphatic heterocycles. The molecule has 0 saturated heterocycles. The van der Waals surface area contributed by atoms with Crippen molar-refractivity contribution in [1.29, 1.82) is 0 Å². The highest BCUT2D eigenvalue weighted by Gasteiger charge is 2.06. The first-order chi connectivity index (χ1) is 6.02. The number of amides is 1. The van der Waals surface area contributed by atoms with Crippen LogP contribution in [0, 0.1) is 0 Å². The van der Waals surface area contributed by atoms with E-state index in [0.29, 0.717) is 0 Å². The Kier molecular flexibility index (Phi) is 4.71. The Bertz CT molecular complexity index is 328. The zero-order valence-electron chi connectivity index (χ0n) is 6.76. The monoisotopic (exact) mass is 203 g/mol. The van der Waals surface area contributed by atoms with E-state index in [2.05, 4.69) is 17.4 Å². The van der Waals surface area contributed by atoms with Crippen molar-refractivity contribution in [2.45, 2.75) is 0 Å². The third-order valence-corrected chi connectivity index (χ3v) is 1.63. The molecule has 0 spiro atoms. The van der Waals surface area contributed by atoms with Crippen LogP contribution in [-0.4, -0.2) is 14.3 Å². The summed E-state index contributed by atoms with van der Waals surface area (Å²) in [5.41, 5.74) is 1.65. The van der Waals surface area contributed by atoms with Crippen molar-refractivity contribution in [3.05, 3.63) is 36.8 Å².